The highest BCUT2D eigenvalue weighted by Crippen LogP contribution is 2.22. The topological polar surface area (TPSA) is 95.9 Å². The molecule has 26 heavy (non-hydrogen) atoms. The SMILES string of the molecule is Cc1cccc(CCNC(=O)C2=NN([C@H]3CCS(=O)(=O)C3)C(=O)CC2)c1. The third-order valence-corrected chi connectivity index (χ3v) is 6.41. The van der Waals surface area contributed by atoms with Gasteiger partial charge in [0.05, 0.1) is 17.5 Å². The monoisotopic (exact) mass is 377 g/mol. The van der Waals surface area contributed by atoms with E-state index in [1.165, 1.54) is 10.6 Å². The normalized spacial score (nSPS) is 22.2. The highest BCUT2D eigenvalue weighted by Gasteiger charge is 2.37. The molecule has 7 nitrogen and oxygen atoms in total. The van der Waals surface area contributed by atoms with Crippen LogP contribution in [0.4, 0.5) is 0 Å². The van der Waals surface area contributed by atoms with Crippen LogP contribution in [0.3, 0.4) is 0 Å². The zero-order valence-corrected chi connectivity index (χ0v) is 15.6. The van der Waals surface area contributed by atoms with Crippen molar-refractivity contribution in [3.8, 4) is 0 Å². The number of aryl methyl sites for hydroxylation is 1. The molecule has 1 N–H and O–H groups in total. The van der Waals surface area contributed by atoms with Crippen LogP contribution < -0.4 is 5.32 Å². The number of amides is 2. The van der Waals surface area contributed by atoms with Gasteiger partial charge in [0.1, 0.15) is 5.71 Å². The quantitative estimate of drug-likeness (QED) is 0.822. The molecule has 0 aromatic heterocycles. The van der Waals surface area contributed by atoms with Crippen LogP contribution in [-0.4, -0.2) is 55.0 Å². The van der Waals surface area contributed by atoms with E-state index in [2.05, 4.69) is 16.5 Å². The highest BCUT2D eigenvalue weighted by atomic mass is 32.2. The second-order valence-corrected chi connectivity index (χ2v) is 9.07. The maximum absolute atomic E-state index is 12.4. The Bertz CT molecular complexity index is 848. The molecule has 140 valence electrons. The molecule has 0 aliphatic carbocycles. The maximum atomic E-state index is 12.4. The Hall–Kier alpha value is -2.22. The van der Waals surface area contributed by atoms with Crippen LogP contribution in [0, 0.1) is 6.92 Å². The smallest absolute Gasteiger partial charge is 0.267 e. The minimum atomic E-state index is -3.12. The van der Waals surface area contributed by atoms with Gasteiger partial charge in [0.15, 0.2) is 9.84 Å². The standard InChI is InChI=1S/C18H23N3O4S/c1-13-3-2-4-14(11-13)7-9-19-18(23)16-5-6-17(22)21(20-16)15-8-10-26(24,25)12-15/h2-4,11,15H,5-10,12H2,1H3,(H,19,23)/t15-/m0/s1. The summed E-state index contributed by atoms with van der Waals surface area (Å²) < 4.78 is 23.3. The minimum absolute atomic E-state index is 0.0645. The van der Waals surface area contributed by atoms with Crippen LogP contribution in [0.25, 0.3) is 0 Å². The van der Waals surface area contributed by atoms with Gasteiger partial charge in [-0.1, -0.05) is 29.8 Å². The predicted octanol–water partition coefficient (Wildman–Crippen LogP) is 0.819. The van der Waals surface area contributed by atoms with E-state index in [-0.39, 0.29) is 41.9 Å². The summed E-state index contributed by atoms with van der Waals surface area (Å²) >= 11 is 0. The Labute approximate surface area is 153 Å². The number of benzene rings is 1. The summed E-state index contributed by atoms with van der Waals surface area (Å²) in [5.74, 6) is -0.529. The van der Waals surface area contributed by atoms with Gasteiger partial charge < -0.3 is 5.32 Å². The van der Waals surface area contributed by atoms with Crippen molar-refractivity contribution in [2.75, 3.05) is 18.1 Å². The van der Waals surface area contributed by atoms with Gasteiger partial charge >= 0.3 is 0 Å². The zero-order valence-electron chi connectivity index (χ0n) is 14.8. The number of nitrogens with zero attached hydrogens (tertiary/aromatic N) is 2. The molecule has 0 radical (unpaired) electrons. The first-order chi connectivity index (χ1) is 12.3. The first-order valence-corrected chi connectivity index (χ1v) is 10.6. The number of rotatable bonds is 5. The molecule has 1 atom stereocenters. The Morgan fingerprint density at radius 1 is 1.35 bits per heavy atom. The molecule has 8 heteroatoms. The van der Waals surface area contributed by atoms with E-state index in [4.69, 9.17) is 0 Å². The van der Waals surface area contributed by atoms with Crippen molar-refractivity contribution in [3.05, 3.63) is 35.4 Å². The van der Waals surface area contributed by atoms with Gasteiger partial charge in [0.25, 0.3) is 5.91 Å². The average molecular weight is 377 g/mol. The van der Waals surface area contributed by atoms with Gasteiger partial charge in [-0.15, -0.1) is 0 Å². The van der Waals surface area contributed by atoms with Crippen LogP contribution >= 0.6 is 0 Å². The van der Waals surface area contributed by atoms with Crippen molar-refractivity contribution >= 4 is 27.4 Å². The Kier molecular flexibility index (Phi) is 5.41. The molecule has 1 saturated heterocycles. The molecule has 1 fully saturated rings. The van der Waals surface area contributed by atoms with Crippen LogP contribution in [0.15, 0.2) is 29.4 Å². The fourth-order valence-corrected chi connectivity index (χ4v) is 4.97. The van der Waals surface area contributed by atoms with E-state index < -0.39 is 15.9 Å². The van der Waals surface area contributed by atoms with E-state index in [9.17, 15) is 18.0 Å². The van der Waals surface area contributed by atoms with Gasteiger partial charge in [-0.05, 0) is 25.3 Å². The molecule has 0 spiro atoms. The Balaban J connectivity index is 1.59. The molecular formula is C18H23N3O4S. The molecular weight excluding hydrogens is 354 g/mol. The number of hydrazone groups is 1. The van der Waals surface area contributed by atoms with Crippen LogP contribution in [0.5, 0.6) is 0 Å². The number of hydrogen-bond donors (Lipinski definition) is 1. The Morgan fingerprint density at radius 2 is 2.15 bits per heavy atom. The molecule has 3 rings (SSSR count). The van der Waals surface area contributed by atoms with E-state index in [0.29, 0.717) is 19.4 Å². The van der Waals surface area contributed by atoms with Gasteiger partial charge in [0, 0.05) is 19.4 Å². The maximum Gasteiger partial charge on any atom is 0.267 e. The summed E-state index contributed by atoms with van der Waals surface area (Å²) in [6.07, 6.45) is 1.55. The van der Waals surface area contributed by atoms with Gasteiger partial charge in [-0.2, -0.15) is 5.10 Å². The lowest BCUT2D eigenvalue weighted by Gasteiger charge is -2.27. The van der Waals surface area contributed by atoms with E-state index >= 15 is 0 Å². The van der Waals surface area contributed by atoms with Crippen LogP contribution in [-0.2, 0) is 25.8 Å². The third kappa shape index (κ3) is 4.49. The van der Waals surface area contributed by atoms with E-state index in [1.807, 2.05) is 25.1 Å². The van der Waals surface area contributed by atoms with Gasteiger partial charge in [0.2, 0.25) is 5.91 Å². The molecule has 0 saturated carbocycles. The van der Waals surface area contributed by atoms with E-state index in [1.54, 1.807) is 0 Å². The molecule has 1 aromatic rings. The Morgan fingerprint density at radius 3 is 2.85 bits per heavy atom. The minimum Gasteiger partial charge on any atom is -0.351 e. The summed E-state index contributed by atoms with van der Waals surface area (Å²) in [5.41, 5.74) is 2.60. The third-order valence-electron chi connectivity index (χ3n) is 4.66. The summed E-state index contributed by atoms with van der Waals surface area (Å²) in [4.78, 5) is 24.4. The molecule has 1 aromatic carbocycles. The summed E-state index contributed by atoms with van der Waals surface area (Å²) in [7, 11) is -3.12. The molecule has 0 bridgehead atoms. The summed E-state index contributed by atoms with van der Waals surface area (Å²) in [6.45, 7) is 2.50. The first-order valence-electron chi connectivity index (χ1n) is 8.78. The number of nitrogens with one attached hydrogen (secondary N) is 1. The average Bonchev–Trinajstić information content (AvgIpc) is 2.95. The van der Waals surface area contributed by atoms with Crippen LogP contribution in [0.1, 0.15) is 30.4 Å². The fourth-order valence-electron chi connectivity index (χ4n) is 3.28. The predicted molar refractivity (Wildman–Crippen MR) is 98.5 cm³/mol. The second-order valence-electron chi connectivity index (χ2n) is 6.84. The number of carbonyl (C=O) groups is 2. The van der Waals surface area contributed by atoms with Crippen molar-refractivity contribution in [3.63, 3.8) is 0 Å². The summed E-state index contributed by atoms with van der Waals surface area (Å²) in [6, 6.07) is 7.64. The fraction of sp³-hybridized carbons (Fsp3) is 0.500. The van der Waals surface area contributed by atoms with Crippen molar-refractivity contribution in [1.82, 2.24) is 10.3 Å². The van der Waals surface area contributed by atoms with Crippen molar-refractivity contribution in [2.45, 2.75) is 38.6 Å². The van der Waals surface area contributed by atoms with Crippen molar-refractivity contribution in [2.24, 2.45) is 5.10 Å². The lowest BCUT2D eigenvalue weighted by atomic mass is 10.1. The lowest BCUT2D eigenvalue weighted by Crippen LogP contribution is -2.44. The van der Waals surface area contributed by atoms with Gasteiger partial charge in [-0.3, -0.25) is 9.59 Å². The molecule has 0 unspecified atom stereocenters. The highest BCUT2D eigenvalue weighted by molar-refractivity contribution is 7.91. The summed E-state index contributed by atoms with van der Waals surface area (Å²) in [5, 5.41) is 8.22. The van der Waals surface area contributed by atoms with Crippen LogP contribution in [0.2, 0.25) is 0 Å². The van der Waals surface area contributed by atoms with Crippen molar-refractivity contribution < 1.29 is 18.0 Å². The van der Waals surface area contributed by atoms with Gasteiger partial charge in [-0.25, -0.2) is 13.4 Å². The van der Waals surface area contributed by atoms with E-state index in [0.717, 1.165) is 5.56 Å². The number of sulfone groups is 1. The first kappa shape index (κ1) is 18.6. The number of carbonyl (C=O) groups excluding carboxylic acids is 2. The second kappa shape index (κ2) is 7.57. The zero-order chi connectivity index (χ0) is 18.7. The lowest BCUT2D eigenvalue weighted by molar-refractivity contribution is -0.133. The number of hydrogen-bond acceptors (Lipinski definition) is 5. The van der Waals surface area contributed by atoms with Crippen molar-refractivity contribution in [1.29, 1.82) is 0 Å². The largest absolute Gasteiger partial charge is 0.351 e. The molecule has 2 aliphatic rings. The molecule has 2 heterocycles. The molecule has 2 amide bonds. The molecule has 2 aliphatic heterocycles.